The molecule has 0 amide bonds. The van der Waals surface area contributed by atoms with Crippen molar-refractivity contribution >= 4 is 16.6 Å². The third kappa shape index (κ3) is 1.54. The number of nitrogens with one attached hydrogen (secondary N) is 1. The highest BCUT2D eigenvalue weighted by Crippen LogP contribution is 2.29. The van der Waals surface area contributed by atoms with Crippen LogP contribution in [0.15, 0.2) is 42.7 Å². The SMILES string of the molecule is Nc1ccnc(-c2c[nH]c3c(F)cccc23)c1. The fraction of sp³-hybridized carbons (Fsp3) is 0. The van der Waals surface area contributed by atoms with Crippen molar-refractivity contribution in [1.29, 1.82) is 0 Å². The molecule has 17 heavy (non-hydrogen) atoms. The number of benzene rings is 1. The zero-order valence-corrected chi connectivity index (χ0v) is 8.94. The molecule has 0 saturated carbocycles. The minimum Gasteiger partial charge on any atom is -0.399 e. The number of fused-ring (bicyclic) bond motifs is 1. The summed E-state index contributed by atoms with van der Waals surface area (Å²) >= 11 is 0. The van der Waals surface area contributed by atoms with Crippen LogP contribution in [0.4, 0.5) is 10.1 Å². The van der Waals surface area contributed by atoms with Gasteiger partial charge in [-0.25, -0.2) is 4.39 Å². The van der Waals surface area contributed by atoms with Crippen molar-refractivity contribution in [3.05, 3.63) is 48.5 Å². The van der Waals surface area contributed by atoms with Crippen LogP contribution in [-0.2, 0) is 0 Å². The normalized spacial score (nSPS) is 10.9. The van der Waals surface area contributed by atoms with Crippen LogP contribution in [0.25, 0.3) is 22.2 Å². The average Bonchev–Trinajstić information content (AvgIpc) is 2.74. The number of H-pyrrole nitrogens is 1. The lowest BCUT2D eigenvalue weighted by Crippen LogP contribution is -1.87. The largest absolute Gasteiger partial charge is 0.399 e. The molecule has 84 valence electrons. The van der Waals surface area contributed by atoms with Gasteiger partial charge in [0.15, 0.2) is 0 Å². The van der Waals surface area contributed by atoms with Crippen LogP contribution in [0.1, 0.15) is 0 Å². The molecule has 0 spiro atoms. The Kier molecular flexibility index (Phi) is 2.08. The molecule has 0 saturated heterocycles. The standard InChI is InChI=1S/C13H10FN3/c14-11-3-1-2-9-10(7-17-13(9)11)12-6-8(15)4-5-16-12/h1-7,17H,(H2,15,16). The average molecular weight is 227 g/mol. The predicted octanol–water partition coefficient (Wildman–Crippen LogP) is 2.95. The number of hydrogen-bond donors (Lipinski definition) is 2. The number of para-hydroxylation sites is 1. The van der Waals surface area contributed by atoms with Gasteiger partial charge in [0.05, 0.1) is 11.2 Å². The third-order valence-electron chi connectivity index (χ3n) is 2.72. The maximum atomic E-state index is 13.5. The molecule has 0 radical (unpaired) electrons. The van der Waals surface area contributed by atoms with E-state index in [1.807, 2.05) is 6.07 Å². The van der Waals surface area contributed by atoms with Crippen LogP contribution < -0.4 is 5.73 Å². The Morgan fingerprint density at radius 2 is 2.12 bits per heavy atom. The Morgan fingerprint density at radius 3 is 2.94 bits per heavy atom. The molecular weight excluding hydrogens is 217 g/mol. The van der Waals surface area contributed by atoms with Crippen molar-refractivity contribution < 1.29 is 4.39 Å². The van der Waals surface area contributed by atoms with Gasteiger partial charge in [-0.05, 0) is 18.2 Å². The number of aromatic nitrogens is 2. The van der Waals surface area contributed by atoms with Gasteiger partial charge in [-0.2, -0.15) is 0 Å². The summed E-state index contributed by atoms with van der Waals surface area (Å²) in [5, 5.41) is 0.808. The van der Waals surface area contributed by atoms with Gasteiger partial charge in [0.25, 0.3) is 0 Å². The molecule has 2 heterocycles. The summed E-state index contributed by atoms with van der Waals surface area (Å²) in [6, 6.07) is 8.46. The minimum absolute atomic E-state index is 0.266. The van der Waals surface area contributed by atoms with E-state index in [4.69, 9.17) is 5.73 Å². The number of nitrogens with zero attached hydrogens (tertiary/aromatic N) is 1. The number of halogens is 1. The molecule has 0 aliphatic heterocycles. The zero-order valence-electron chi connectivity index (χ0n) is 8.94. The first-order valence-corrected chi connectivity index (χ1v) is 5.23. The van der Waals surface area contributed by atoms with Crippen LogP contribution in [0, 0.1) is 5.82 Å². The highest BCUT2D eigenvalue weighted by Gasteiger charge is 2.09. The van der Waals surface area contributed by atoms with Crippen LogP contribution in [0.3, 0.4) is 0 Å². The first-order chi connectivity index (χ1) is 8.25. The molecule has 4 heteroatoms. The lowest BCUT2D eigenvalue weighted by atomic mass is 10.1. The number of pyridine rings is 1. The van der Waals surface area contributed by atoms with Gasteiger partial charge in [0, 0.05) is 29.0 Å². The molecular formula is C13H10FN3. The molecule has 0 unspecified atom stereocenters. The van der Waals surface area contributed by atoms with Crippen molar-refractivity contribution in [3.8, 4) is 11.3 Å². The summed E-state index contributed by atoms with van der Waals surface area (Å²) in [4.78, 5) is 7.16. The van der Waals surface area contributed by atoms with Crippen molar-refractivity contribution in [2.45, 2.75) is 0 Å². The van der Waals surface area contributed by atoms with E-state index < -0.39 is 0 Å². The number of nitrogen functional groups attached to an aromatic ring is 1. The number of aromatic amines is 1. The molecule has 0 bridgehead atoms. The van der Waals surface area contributed by atoms with Gasteiger partial charge < -0.3 is 10.7 Å². The van der Waals surface area contributed by atoms with Gasteiger partial charge >= 0.3 is 0 Å². The monoisotopic (exact) mass is 227 g/mol. The Morgan fingerprint density at radius 1 is 1.24 bits per heavy atom. The molecule has 3 aromatic rings. The Labute approximate surface area is 97.1 Å². The summed E-state index contributed by atoms with van der Waals surface area (Å²) in [5.41, 5.74) is 8.44. The second-order valence-electron chi connectivity index (χ2n) is 3.84. The van der Waals surface area contributed by atoms with Crippen molar-refractivity contribution in [1.82, 2.24) is 9.97 Å². The van der Waals surface area contributed by atoms with E-state index in [2.05, 4.69) is 9.97 Å². The molecule has 2 aromatic heterocycles. The van der Waals surface area contributed by atoms with E-state index in [1.165, 1.54) is 6.07 Å². The molecule has 0 aliphatic rings. The first kappa shape index (κ1) is 9.84. The van der Waals surface area contributed by atoms with Crippen molar-refractivity contribution in [2.75, 3.05) is 5.73 Å². The fourth-order valence-corrected chi connectivity index (χ4v) is 1.92. The minimum atomic E-state index is -0.266. The maximum Gasteiger partial charge on any atom is 0.147 e. The smallest absolute Gasteiger partial charge is 0.147 e. The van der Waals surface area contributed by atoms with Gasteiger partial charge in [-0.15, -0.1) is 0 Å². The molecule has 3 N–H and O–H groups in total. The van der Waals surface area contributed by atoms with E-state index in [1.54, 1.807) is 30.6 Å². The van der Waals surface area contributed by atoms with Gasteiger partial charge in [-0.3, -0.25) is 4.98 Å². The molecule has 0 atom stereocenters. The molecule has 0 fully saturated rings. The number of anilines is 1. The molecule has 3 rings (SSSR count). The third-order valence-corrected chi connectivity index (χ3v) is 2.72. The van der Waals surface area contributed by atoms with Gasteiger partial charge in [0.1, 0.15) is 5.82 Å². The number of nitrogens with two attached hydrogens (primary N) is 1. The van der Waals surface area contributed by atoms with Crippen LogP contribution in [0.5, 0.6) is 0 Å². The second kappa shape index (κ2) is 3.59. The summed E-state index contributed by atoms with van der Waals surface area (Å²) < 4.78 is 13.5. The topological polar surface area (TPSA) is 54.7 Å². The fourth-order valence-electron chi connectivity index (χ4n) is 1.92. The molecule has 3 nitrogen and oxygen atoms in total. The van der Waals surface area contributed by atoms with E-state index in [0.717, 1.165) is 16.6 Å². The maximum absolute atomic E-state index is 13.5. The Hall–Kier alpha value is -2.36. The van der Waals surface area contributed by atoms with Crippen molar-refractivity contribution in [3.63, 3.8) is 0 Å². The zero-order chi connectivity index (χ0) is 11.8. The summed E-state index contributed by atoms with van der Waals surface area (Å²) in [6.45, 7) is 0. The lowest BCUT2D eigenvalue weighted by Gasteiger charge is -2.00. The Balaban J connectivity index is 2.28. The van der Waals surface area contributed by atoms with E-state index in [9.17, 15) is 4.39 Å². The lowest BCUT2D eigenvalue weighted by molar-refractivity contribution is 0.637. The first-order valence-electron chi connectivity index (χ1n) is 5.23. The number of hydrogen-bond acceptors (Lipinski definition) is 2. The molecule has 1 aromatic carbocycles. The number of rotatable bonds is 1. The van der Waals surface area contributed by atoms with Gasteiger partial charge in [0.2, 0.25) is 0 Å². The second-order valence-corrected chi connectivity index (χ2v) is 3.84. The van der Waals surface area contributed by atoms with Crippen LogP contribution in [0.2, 0.25) is 0 Å². The van der Waals surface area contributed by atoms with Crippen LogP contribution >= 0.6 is 0 Å². The Bertz CT molecular complexity index is 688. The van der Waals surface area contributed by atoms with E-state index >= 15 is 0 Å². The van der Waals surface area contributed by atoms with E-state index in [-0.39, 0.29) is 5.82 Å². The molecule has 0 aliphatic carbocycles. The van der Waals surface area contributed by atoms with Gasteiger partial charge in [-0.1, -0.05) is 12.1 Å². The highest BCUT2D eigenvalue weighted by molar-refractivity contribution is 5.95. The predicted molar refractivity (Wildman–Crippen MR) is 65.9 cm³/mol. The van der Waals surface area contributed by atoms with E-state index in [0.29, 0.717) is 11.2 Å². The highest BCUT2D eigenvalue weighted by atomic mass is 19.1. The summed E-state index contributed by atoms with van der Waals surface area (Å²) in [5.74, 6) is -0.266. The quantitative estimate of drug-likeness (QED) is 0.671. The summed E-state index contributed by atoms with van der Waals surface area (Å²) in [7, 11) is 0. The summed E-state index contributed by atoms with van der Waals surface area (Å²) in [6.07, 6.45) is 3.39. The van der Waals surface area contributed by atoms with Crippen molar-refractivity contribution in [2.24, 2.45) is 0 Å². The van der Waals surface area contributed by atoms with Crippen LogP contribution in [-0.4, -0.2) is 9.97 Å².